The number of pyridine rings is 1. The maximum absolute atomic E-state index is 13.4. The molecule has 0 aliphatic carbocycles. The molecule has 5 rings (SSSR count). The molecule has 0 saturated carbocycles. The highest BCUT2D eigenvalue weighted by molar-refractivity contribution is 6.02. The van der Waals surface area contributed by atoms with Crippen LogP contribution in [0.15, 0.2) is 65.6 Å². The number of likely N-dealkylation sites (tertiary alicyclic amines) is 1. The molecule has 3 heterocycles. The van der Waals surface area contributed by atoms with Crippen molar-refractivity contribution in [2.24, 2.45) is 7.05 Å². The number of para-hydroxylation sites is 2. The minimum absolute atomic E-state index is 0.272. The lowest BCUT2D eigenvalue weighted by molar-refractivity contribution is -0.121. The van der Waals surface area contributed by atoms with E-state index >= 15 is 0 Å². The van der Waals surface area contributed by atoms with Crippen LogP contribution in [0.25, 0.3) is 22.4 Å². The smallest absolute Gasteiger partial charge is 0.254 e. The lowest BCUT2D eigenvalue weighted by Gasteiger charge is -2.34. The van der Waals surface area contributed by atoms with E-state index in [0.717, 1.165) is 29.4 Å². The van der Waals surface area contributed by atoms with Gasteiger partial charge >= 0.3 is 0 Å². The van der Waals surface area contributed by atoms with E-state index in [1.54, 1.807) is 30.3 Å². The number of ether oxygens (including phenoxy) is 1. The number of aromatic nitrogens is 3. The lowest BCUT2D eigenvalue weighted by atomic mass is 10.00. The van der Waals surface area contributed by atoms with Crippen LogP contribution in [0.3, 0.4) is 0 Å². The first kappa shape index (κ1) is 23.3. The van der Waals surface area contributed by atoms with Crippen LogP contribution in [0.4, 0.5) is 5.69 Å². The molecular formula is C27H27N5O4. The van der Waals surface area contributed by atoms with E-state index in [-0.39, 0.29) is 22.9 Å². The first-order valence-electron chi connectivity index (χ1n) is 11.9. The van der Waals surface area contributed by atoms with Gasteiger partial charge in [0.25, 0.3) is 11.5 Å². The molecule has 1 aliphatic rings. The van der Waals surface area contributed by atoms with E-state index in [1.165, 1.54) is 17.7 Å². The Kier molecular flexibility index (Phi) is 6.28. The number of rotatable bonds is 5. The van der Waals surface area contributed by atoms with Crippen molar-refractivity contribution < 1.29 is 14.3 Å². The number of hydrogen-bond donors (Lipinski definition) is 2. The second kappa shape index (κ2) is 9.69. The summed E-state index contributed by atoms with van der Waals surface area (Å²) in [5, 5.41) is 2.97. The summed E-state index contributed by atoms with van der Waals surface area (Å²) in [6, 6.07) is 15.5. The van der Waals surface area contributed by atoms with Gasteiger partial charge in [0.1, 0.15) is 17.6 Å². The number of anilines is 1. The average Bonchev–Trinajstić information content (AvgIpc) is 3.34. The van der Waals surface area contributed by atoms with Crippen LogP contribution in [0, 0.1) is 0 Å². The molecule has 0 bridgehead atoms. The first-order chi connectivity index (χ1) is 17.4. The van der Waals surface area contributed by atoms with Crippen molar-refractivity contribution >= 4 is 28.5 Å². The van der Waals surface area contributed by atoms with Gasteiger partial charge in [0.2, 0.25) is 5.91 Å². The van der Waals surface area contributed by atoms with E-state index in [4.69, 9.17) is 4.74 Å². The van der Waals surface area contributed by atoms with Gasteiger partial charge in [-0.25, -0.2) is 4.98 Å². The van der Waals surface area contributed by atoms with E-state index < -0.39 is 6.04 Å². The molecule has 2 aromatic heterocycles. The first-order valence-corrected chi connectivity index (χ1v) is 11.9. The third-order valence-electron chi connectivity index (χ3n) is 6.54. The molecule has 1 unspecified atom stereocenters. The number of aryl methyl sites for hydroxylation is 1. The van der Waals surface area contributed by atoms with E-state index in [9.17, 15) is 14.4 Å². The van der Waals surface area contributed by atoms with Crippen LogP contribution >= 0.6 is 0 Å². The molecule has 2 N–H and O–H groups in total. The maximum atomic E-state index is 13.4. The summed E-state index contributed by atoms with van der Waals surface area (Å²) in [6.07, 6.45) is 3.72. The van der Waals surface area contributed by atoms with E-state index in [0.29, 0.717) is 30.2 Å². The zero-order valence-electron chi connectivity index (χ0n) is 20.2. The van der Waals surface area contributed by atoms with Gasteiger partial charge in [-0.15, -0.1) is 0 Å². The Morgan fingerprint density at radius 2 is 1.94 bits per heavy atom. The van der Waals surface area contributed by atoms with Gasteiger partial charge in [0.05, 0.1) is 23.8 Å². The second-order valence-electron chi connectivity index (χ2n) is 8.88. The Morgan fingerprint density at radius 1 is 1.11 bits per heavy atom. The molecule has 2 amide bonds. The summed E-state index contributed by atoms with van der Waals surface area (Å²) in [4.78, 5) is 48.2. The predicted molar refractivity (Wildman–Crippen MR) is 137 cm³/mol. The molecule has 36 heavy (non-hydrogen) atoms. The zero-order chi connectivity index (χ0) is 25.2. The number of amides is 2. The molecule has 184 valence electrons. The number of benzene rings is 2. The van der Waals surface area contributed by atoms with E-state index in [2.05, 4.69) is 15.3 Å². The molecular weight excluding hydrogens is 458 g/mol. The number of imidazole rings is 1. The van der Waals surface area contributed by atoms with Crippen molar-refractivity contribution in [2.45, 2.75) is 25.3 Å². The van der Waals surface area contributed by atoms with Crippen molar-refractivity contribution in [3.8, 4) is 17.1 Å². The molecule has 9 heteroatoms. The predicted octanol–water partition coefficient (Wildman–Crippen LogP) is 3.57. The molecule has 1 saturated heterocycles. The van der Waals surface area contributed by atoms with Crippen LogP contribution in [0.5, 0.6) is 5.75 Å². The summed E-state index contributed by atoms with van der Waals surface area (Å²) in [6.45, 7) is 0.447. The topological polar surface area (TPSA) is 109 Å². The fourth-order valence-electron chi connectivity index (χ4n) is 4.55. The summed E-state index contributed by atoms with van der Waals surface area (Å²) in [7, 11) is 3.17. The number of carbonyl (C=O) groups is 2. The number of piperidine rings is 1. The van der Waals surface area contributed by atoms with Crippen LogP contribution in [-0.2, 0) is 11.8 Å². The molecule has 2 aromatic carbocycles. The highest BCUT2D eigenvalue weighted by atomic mass is 16.5. The quantitative estimate of drug-likeness (QED) is 0.449. The Balaban J connectivity index is 1.41. The summed E-state index contributed by atoms with van der Waals surface area (Å²) in [5.74, 6) is 0.556. The number of nitrogens with one attached hydrogen (secondary N) is 2. The number of methoxy groups -OCH3 is 1. The molecule has 1 atom stereocenters. The van der Waals surface area contributed by atoms with Gasteiger partial charge in [-0.05, 0) is 55.7 Å². The lowest BCUT2D eigenvalue weighted by Crippen LogP contribution is -2.50. The largest absolute Gasteiger partial charge is 0.495 e. The van der Waals surface area contributed by atoms with Crippen molar-refractivity contribution in [1.82, 2.24) is 19.4 Å². The monoisotopic (exact) mass is 485 g/mol. The molecule has 1 fully saturated rings. The van der Waals surface area contributed by atoms with Gasteiger partial charge in [0.15, 0.2) is 0 Å². The third-order valence-corrected chi connectivity index (χ3v) is 6.54. The fourth-order valence-corrected chi connectivity index (χ4v) is 4.55. The number of hydrogen-bond acceptors (Lipinski definition) is 5. The normalized spacial score (nSPS) is 15.6. The van der Waals surface area contributed by atoms with Crippen LogP contribution in [-0.4, -0.2) is 50.9 Å². The van der Waals surface area contributed by atoms with Crippen molar-refractivity contribution in [3.05, 3.63) is 76.7 Å². The Morgan fingerprint density at radius 3 is 2.72 bits per heavy atom. The van der Waals surface area contributed by atoms with Gasteiger partial charge in [-0.3, -0.25) is 14.4 Å². The van der Waals surface area contributed by atoms with Gasteiger partial charge in [-0.2, -0.15) is 0 Å². The molecule has 1 aliphatic heterocycles. The highest BCUT2D eigenvalue weighted by Crippen LogP contribution is 2.31. The SMILES string of the molecule is COc1ccc(-c2nc3ccccc3[nH]2)cc1NC(=O)C1CCCCN1C(=O)c1ccn(C)c(=O)c1. The van der Waals surface area contributed by atoms with E-state index in [1.807, 2.05) is 36.4 Å². The van der Waals surface area contributed by atoms with Crippen molar-refractivity contribution in [1.29, 1.82) is 0 Å². The van der Waals surface area contributed by atoms with Gasteiger partial charge in [0, 0.05) is 37.0 Å². The molecule has 4 aromatic rings. The third kappa shape index (κ3) is 4.47. The molecule has 9 nitrogen and oxygen atoms in total. The fraction of sp³-hybridized carbons (Fsp3) is 0.259. The summed E-state index contributed by atoms with van der Waals surface area (Å²) >= 11 is 0. The standard InChI is InChI=1S/C27H27N5O4/c1-31-14-12-18(16-24(31)33)27(35)32-13-6-5-9-22(32)26(34)30-21-15-17(10-11-23(21)36-2)25-28-19-7-3-4-8-20(19)29-25/h3-4,7-8,10-12,14-16,22H,5-6,9,13H2,1-2H3,(H,28,29)(H,30,34). The van der Waals surface area contributed by atoms with Gasteiger partial charge < -0.3 is 24.5 Å². The second-order valence-corrected chi connectivity index (χ2v) is 8.88. The Bertz CT molecular complexity index is 1470. The van der Waals surface area contributed by atoms with Crippen LogP contribution < -0.4 is 15.6 Å². The number of carbonyl (C=O) groups excluding carboxylic acids is 2. The summed E-state index contributed by atoms with van der Waals surface area (Å²) in [5.41, 5.74) is 3.06. The Hall–Kier alpha value is -4.40. The molecule has 0 spiro atoms. The van der Waals surface area contributed by atoms with Gasteiger partial charge in [-0.1, -0.05) is 12.1 Å². The number of nitrogens with zero attached hydrogens (tertiary/aromatic N) is 3. The van der Waals surface area contributed by atoms with Crippen LogP contribution in [0.1, 0.15) is 29.6 Å². The Labute approximate surface area is 207 Å². The minimum Gasteiger partial charge on any atom is -0.495 e. The zero-order valence-corrected chi connectivity index (χ0v) is 20.2. The number of fused-ring (bicyclic) bond motifs is 1. The maximum Gasteiger partial charge on any atom is 0.254 e. The minimum atomic E-state index is -0.658. The van der Waals surface area contributed by atoms with Crippen molar-refractivity contribution in [3.63, 3.8) is 0 Å². The average molecular weight is 486 g/mol. The molecule has 0 radical (unpaired) electrons. The number of H-pyrrole nitrogens is 1. The highest BCUT2D eigenvalue weighted by Gasteiger charge is 2.33. The summed E-state index contributed by atoms with van der Waals surface area (Å²) < 4.78 is 6.89. The number of aromatic amines is 1. The van der Waals surface area contributed by atoms with Crippen molar-refractivity contribution in [2.75, 3.05) is 19.0 Å². The van der Waals surface area contributed by atoms with Crippen LogP contribution in [0.2, 0.25) is 0 Å².